The van der Waals surface area contributed by atoms with Crippen LogP contribution in [0.4, 0.5) is 0 Å². The second-order valence-corrected chi connectivity index (χ2v) is 7.17. The minimum atomic E-state index is -1.17. The zero-order valence-corrected chi connectivity index (χ0v) is 16.9. The van der Waals surface area contributed by atoms with Crippen molar-refractivity contribution in [2.75, 3.05) is 12.0 Å². The Morgan fingerprint density at radius 3 is 1.86 bits per heavy atom. The maximum absolute atomic E-state index is 12.1. The van der Waals surface area contributed by atoms with Gasteiger partial charge in [-0.2, -0.15) is 11.8 Å². The second-order valence-electron chi connectivity index (χ2n) is 6.18. The molecule has 12 heteroatoms. The lowest BCUT2D eigenvalue weighted by Crippen LogP contribution is -2.55. The van der Waals surface area contributed by atoms with E-state index in [1.165, 1.54) is 25.6 Å². The highest BCUT2D eigenvalue weighted by molar-refractivity contribution is 7.98. The summed E-state index contributed by atoms with van der Waals surface area (Å²) in [7, 11) is 0. The maximum Gasteiger partial charge on any atom is 0.326 e. The van der Waals surface area contributed by atoms with Crippen molar-refractivity contribution in [1.82, 2.24) is 16.0 Å². The fourth-order valence-electron chi connectivity index (χ4n) is 1.99. The number of amides is 3. The van der Waals surface area contributed by atoms with Crippen LogP contribution in [-0.4, -0.2) is 76.0 Å². The summed E-state index contributed by atoms with van der Waals surface area (Å²) < 4.78 is 0. The number of thioether (sulfide) groups is 1. The summed E-state index contributed by atoms with van der Waals surface area (Å²) in [5.41, 5.74) is 5.56. The van der Waals surface area contributed by atoms with E-state index < -0.39 is 53.8 Å². The van der Waals surface area contributed by atoms with Crippen LogP contribution in [0.2, 0.25) is 0 Å². The summed E-state index contributed by atoms with van der Waals surface area (Å²) in [5.74, 6) is -3.74. The first-order valence-corrected chi connectivity index (χ1v) is 9.99. The molecule has 0 aromatic carbocycles. The van der Waals surface area contributed by atoms with E-state index in [1.54, 1.807) is 0 Å². The molecular weight excluding hydrogens is 392 g/mol. The van der Waals surface area contributed by atoms with E-state index in [0.29, 0.717) is 5.75 Å². The van der Waals surface area contributed by atoms with Gasteiger partial charge in [0.1, 0.15) is 18.1 Å². The fraction of sp³-hybridized carbons (Fsp3) is 0.688. The van der Waals surface area contributed by atoms with E-state index >= 15 is 0 Å². The van der Waals surface area contributed by atoms with Gasteiger partial charge < -0.3 is 31.9 Å². The lowest BCUT2D eigenvalue weighted by Gasteiger charge is -2.21. The van der Waals surface area contributed by atoms with Crippen molar-refractivity contribution < 1.29 is 34.2 Å². The second kappa shape index (κ2) is 12.9. The van der Waals surface area contributed by atoms with Crippen molar-refractivity contribution in [3.63, 3.8) is 0 Å². The highest BCUT2D eigenvalue weighted by Crippen LogP contribution is 2.02. The highest BCUT2D eigenvalue weighted by Gasteiger charge is 2.26. The molecule has 0 aromatic rings. The Labute approximate surface area is 167 Å². The molecule has 0 aliphatic heterocycles. The van der Waals surface area contributed by atoms with Gasteiger partial charge in [-0.25, -0.2) is 4.79 Å². The third kappa shape index (κ3) is 10.1. The molecule has 0 bridgehead atoms. The highest BCUT2D eigenvalue weighted by atomic mass is 32.2. The molecule has 3 amide bonds. The zero-order chi connectivity index (χ0) is 21.9. The summed E-state index contributed by atoms with van der Waals surface area (Å²) in [4.78, 5) is 57.7. The van der Waals surface area contributed by atoms with E-state index in [-0.39, 0.29) is 19.3 Å². The predicted octanol–water partition coefficient (Wildman–Crippen LogP) is -1.49. The minimum absolute atomic E-state index is 0.0824. The Bertz CT molecular complexity index is 587. The SMILES string of the molecule is CSCCC(NC(=O)C(C)NC(=O)C(C)NC(=O)C(N)CCC(=O)O)C(=O)O. The maximum atomic E-state index is 12.1. The normalized spacial score (nSPS) is 14.9. The van der Waals surface area contributed by atoms with Crippen LogP contribution in [0.5, 0.6) is 0 Å². The molecule has 4 atom stereocenters. The van der Waals surface area contributed by atoms with Gasteiger partial charge in [-0.1, -0.05) is 0 Å². The molecule has 28 heavy (non-hydrogen) atoms. The first-order chi connectivity index (χ1) is 13.0. The Morgan fingerprint density at radius 1 is 0.893 bits per heavy atom. The monoisotopic (exact) mass is 420 g/mol. The van der Waals surface area contributed by atoms with Gasteiger partial charge >= 0.3 is 11.9 Å². The number of carbonyl (C=O) groups is 5. The van der Waals surface area contributed by atoms with Gasteiger partial charge in [0.05, 0.1) is 6.04 Å². The molecule has 0 fully saturated rings. The predicted molar refractivity (Wildman–Crippen MR) is 103 cm³/mol. The smallest absolute Gasteiger partial charge is 0.326 e. The number of carbonyl (C=O) groups excluding carboxylic acids is 3. The van der Waals surface area contributed by atoms with Gasteiger partial charge in [0, 0.05) is 6.42 Å². The van der Waals surface area contributed by atoms with Gasteiger partial charge in [-0.05, 0) is 38.7 Å². The third-order valence-corrected chi connectivity index (χ3v) is 4.38. The standard InChI is InChI=1S/C16H28N4O7S/c1-8(19-15(25)10(17)4-5-12(21)22)13(23)18-9(2)14(24)20-11(16(26)27)6-7-28-3/h8-11H,4-7,17H2,1-3H3,(H,18,23)(H,19,25)(H,20,24)(H,21,22)(H,26,27). The number of hydrogen-bond acceptors (Lipinski definition) is 7. The van der Waals surface area contributed by atoms with Crippen LogP contribution in [0, 0.1) is 0 Å². The van der Waals surface area contributed by atoms with Crippen molar-refractivity contribution in [2.45, 2.75) is 57.3 Å². The molecule has 11 nitrogen and oxygen atoms in total. The van der Waals surface area contributed by atoms with Crippen LogP contribution in [0.3, 0.4) is 0 Å². The molecule has 0 saturated carbocycles. The van der Waals surface area contributed by atoms with Crippen LogP contribution in [0.1, 0.15) is 33.1 Å². The van der Waals surface area contributed by atoms with Gasteiger partial charge in [-0.15, -0.1) is 0 Å². The Hall–Kier alpha value is -2.34. The Kier molecular flexibility index (Phi) is 11.9. The molecule has 0 rings (SSSR count). The van der Waals surface area contributed by atoms with Crippen LogP contribution in [-0.2, 0) is 24.0 Å². The van der Waals surface area contributed by atoms with Gasteiger partial charge in [0.15, 0.2) is 0 Å². The Morgan fingerprint density at radius 2 is 1.39 bits per heavy atom. The first kappa shape index (κ1) is 25.7. The van der Waals surface area contributed by atoms with Crippen LogP contribution < -0.4 is 21.7 Å². The first-order valence-electron chi connectivity index (χ1n) is 8.59. The topological polar surface area (TPSA) is 188 Å². The summed E-state index contributed by atoms with van der Waals surface area (Å²) >= 11 is 1.44. The van der Waals surface area contributed by atoms with Crippen LogP contribution in [0.25, 0.3) is 0 Å². The summed E-state index contributed by atoms with van der Waals surface area (Å²) in [5, 5.41) is 24.8. The molecule has 160 valence electrons. The lowest BCUT2D eigenvalue weighted by molar-refractivity contribution is -0.142. The molecular formula is C16H28N4O7S. The van der Waals surface area contributed by atoms with Crippen molar-refractivity contribution in [1.29, 1.82) is 0 Å². The van der Waals surface area contributed by atoms with Crippen molar-refractivity contribution in [2.24, 2.45) is 5.73 Å². The molecule has 0 spiro atoms. The number of aliphatic carboxylic acids is 2. The average molecular weight is 420 g/mol. The summed E-state index contributed by atoms with van der Waals surface area (Å²) in [6, 6.07) is -4.20. The van der Waals surface area contributed by atoms with Crippen molar-refractivity contribution in [3.05, 3.63) is 0 Å². The number of nitrogens with two attached hydrogens (primary N) is 1. The number of carboxylic acid groups (broad SMARTS) is 2. The largest absolute Gasteiger partial charge is 0.481 e. The van der Waals surface area contributed by atoms with Crippen LogP contribution >= 0.6 is 11.8 Å². The molecule has 0 saturated heterocycles. The van der Waals surface area contributed by atoms with Crippen molar-refractivity contribution >= 4 is 41.4 Å². The Balaban J connectivity index is 4.57. The van der Waals surface area contributed by atoms with E-state index in [9.17, 15) is 24.0 Å². The molecule has 0 aliphatic rings. The molecule has 7 N–H and O–H groups in total. The van der Waals surface area contributed by atoms with E-state index in [1.807, 2.05) is 6.26 Å². The van der Waals surface area contributed by atoms with Gasteiger partial charge in [0.2, 0.25) is 17.7 Å². The quantitative estimate of drug-likeness (QED) is 0.206. The molecule has 0 radical (unpaired) electrons. The average Bonchev–Trinajstić information content (AvgIpc) is 2.61. The molecule has 4 unspecified atom stereocenters. The van der Waals surface area contributed by atoms with Crippen LogP contribution in [0.15, 0.2) is 0 Å². The number of nitrogens with one attached hydrogen (secondary N) is 3. The summed E-state index contributed by atoms with van der Waals surface area (Å²) in [6.07, 6.45) is 1.69. The third-order valence-electron chi connectivity index (χ3n) is 3.74. The van der Waals surface area contributed by atoms with E-state index in [2.05, 4.69) is 16.0 Å². The molecule has 0 aliphatic carbocycles. The van der Waals surface area contributed by atoms with Gasteiger partial charge in [0.25, 0.3) is 0 Å². The van der Waals surface area contributed by atoms with Crippen molar-refractivity contribution in [3.8, 4) is 0 Å². The molecule has 0 heterocycles. The number of rotatable bonds is 13. The van der Waals surface area contributed by atoms with E-state index in [4.69, 9.17) is 15.9 Å². The number of carboxylic acids is 2. The zero-order valence-electron chi connectivity index (χ0n) is 16.1. The molecule has 0 aromatic heterocycles. The fourth-order valence-corrected chi connectivity index (χ4v) is 2.46. The van der Waals surface area contributed by atoms with Gasteiger partial charge in [-0.3, -0.25) is 19.2 Å². The van der Waals surface area contributed by atoms with E-state index in [0.717, 1.165) is 0 Å². The lowest BCUT2D eigenvalue weighted by atomic mass is 10.1. The minimum Gasteiger partial charge on any atom is -0.481 e. The number of hydrogen-bond donors (Lipinski definition) is 6. The summed E-state index contributed by atoms with van der Waals surface area (Å²) in [6.45, 7) is 2.76.